The summed E-state index contributed by atoms with van der Waals surface area (Å²) in [4.78, 5) is 31.6. The van der Waals surface area contributed by atoms with Gasteiger partial charge in [-0.15, -0.1) is 0 Å². The summed E-state index contributed by atoms with van der Waals surface area (Å²) in [5.74, 6) is 0. The number of hydrogen-bond donors (Lipinski definition) is 4. The third kappa shape index (κ3) is 3.02. The van der Waals surface area contributed by atoms with Crippen molar-refractivity contribution in [2.24, 2.45) is 0 Å². The molecule has 1 aliphatic rings. The number of ether oxygens (including phenoxy) is 1. The smallest absolute Gasteiger partial charge is 0.386 e. The Bertz CT molecular complexity index is 841. The zero-order valence-corrected chi connectivity index (χ0v) is 14.1. The van der Waals surface area contributed by atoms with Crippen molar-refractivity contribution in [3.8, 4) is 0 Å². The molecule has 11 nitrogen and oxygen atoms in total. The SMILES string of the molecule is COP(=O)(O)S[C@H]1[C@@H](O)[C@H](n2cnc3c(=O)[nH]cnc32)O[C@@H]1CO. The zero-order chi connectivity index (χ0) is 17.5. The number of aromatic nitrogens is 4. The van der Waals surface area contributed by atoms with E-state index in [2.05, 4.69) is 19.5 Å². The number of H-pyrrole nitrogens is 1. The monoisotopic (exact) mass is 378 g/mol. The molecule has 2 aromatic heterocycles. The number of aliphatic hydroxyl groups is 2. The Kier molecular flexibility index (Phi) is 4.80. The molecule has 132 valence electrons. The van der Waals surface area contributed by atoms with E-state index < -0.39 is 42.6 Å². The maximum atomic E-state index is 11.8. The lowest BCUT2D eigenvalue weighted by Crippen LogP contribution is -2.30. The second-order valence-corrected chi connectivity index (χ2v) is 9.09. The molecule has 13 heteroatoms. The molecule has 0 saturated carbocycles. The molecule has 5 atom stereocenters. The molecule has 0 radical (unpaired) electrons. The lowest BCUT2D eigenvalue weighted by atomic mass is 10.2. The molecule has 1 unspecified atom stereocenters. The van der Waals surface area contributed by atoms with Crippen molar-refractivity contribution in [2.75, 3.05) is 13.7 Å². The molecule has 0 aromatic carbocycles. The maximum Gasteiger partial charge on any atom is 0.386 e. The molecule has 2 aromatic rings. The molecule has 0 amide bonds. The van der Waals surface area contributed by atoms with Gasteiger partial charge in [-0.1, -0.05) is 0 Å². The Morgan fingerprint density at radius 2 is 2.29 bits per heavy atom. The van der Waals surface area contributed by atoms with E-state index in [1.54, 1.807) is 0 Å². The first-order chi connectivity index (χ1) is 11.4. The zero-order valence-electron chi connectivity index (χ0n) is 12.3. The van der Waals surface area contributed by atoms with Gasteiger partial charge < -0.3 is 29.4 Å². The summed E-state index contributed by atoms with van der Waals surface area (Å²) >= 11 is 0.492. The average Bonchev–Trinajstić information content (AvgIpc) is 3.10. The van der Waals surface area contributed by atoms with Crippen LogP contribution in [0.15, 0.2) is 17.4 Å². The van der Waals surface area contributed by atoms with Crippen LogP contribution in [0.2, 0.25) is 0 Å². The molecule has 0 spiro atoms. The van der Waals surface area contributed by atoms with Gasteiger partial charge in [0.15, 0.2) is 17.4 Å². The van der Waals surface area contributed by atoms with Crippen LogP contribution >= 0.6 is 18.2 Å². The number of rotatable bonds is 5. The summed E-state index contributed by atoms with van der Waals surface area (Å²) in [7, 11) is 1.07. The van der Waals surface area contributed by atoms with Crippen LogP contribution in [0.3, 0.4) is 0 Å². The van der Waals surface area contributed by atoms with Crippen LogP contribution in [-0.4, -0.2) is 65.8 Å². The largest absolute Gasteiger partial charge is 0.394 e. The quantitative estimate of drug-likeness (QED) is 0.486. The number of nitrogens with one attached hydrogen (secondary N) is 1. The first kappa shape index (κ1) is 17.5. The predicted octanol–water partition coefficient (Wildman–Crippen LogP) is -0.781. The van der Waals surface area contributed by atoms with E-state index in [4.69, 9.17) is 4.74 Å². The van der Waals surface area contributed by atoms with Crippen molar-refractivity contribution in [3.05, 3.63) is 23.0 Å². The third-order valence-electron chi connectivity index (χ3n) is 3.61. The van der Waals surface area contributed by atoms with Crippen molar-refractivity contribution in [1.82, 2.24) is 19.5 Å². The van der Waals surface area contributed by atoms with E-state index in [1.807, 2.05) is 0 Å². The molecule has 4 N–H and O–H groups in total. The topological polar surface area (TPSA) is 160 Å². The Balaban J connectivity index is 1.96. The van der Waals surface area contributed by atoms with E-state index >= 15 is 0 Å². The minimum atomic E-state index is -4.00. The summed E-state index contributed by atoms with van der Waals surface area (Å²) in [5, 5.41) is 19.0. The summed E-state index contributed by atoms with van der Waals surface area (Å²) in [6.07, 6.45) is -0.744. The molecule has 1 saturated heterocycles. The fourth-order valence-electron chi connectivity index (χ4n) is 2.47. The van der Waals surface area contributed by atoms with Crippen molar-refractivity contribution in [1.29, 1.82) is 0 Å². The van der Waals surface area contributed by atoms with E-state index in [9.17, 15) is 24.5 Å². The van der Waals surface area contributed by atoms with E-state index in [-0.39, 0.29) is 11.2 Å². The second kappa shape index (κ2) is 6.56. The molecule has 3 rings (SSSR count). The van der Waals surface area contributed by atoms with Crippen molar-refractivity contribution in [3.63, 3.8) is 0 Å². The van der Waals surface area contributed by atoms with Gasteiger partial charge in [0.05, 0.1) is 30.6 Å². The molecule has 0 aliphatic carbocycles. The normalized spacial score (nSPS) is 29.8. The van der Waals surface area contributed by atoms with Crippen LogP contribution in [0.5, 0.6) is 0 Å². The fourth-order valence-corrected chi connectivity index (χ4v) is 5.37. The van der Waals surface area contributed by atoms with Gasteiger partial charge in [-0.3, -0.25) is 9.36 Å². The standard InChI is InChI=1S/C11H15N4O7PS/c1-21-23(19,20)24-8-5(2-16)22-11(7(8)17)15-4-14-6-9(15)12-3-13-10(6)18/h3-5,7-8,11,16-17H,2H2,1H3,(H,19,20)(H,12,13,18)/t5-,7-,8-,11-/m1/s1. The van der Waals surface area contributed by atoms with Crippen LogP contribution in [-0.2, 0) is 13.8 Å². The van der Waals surface area contributed by atoms with E-state index in [0.717, 1.165) is 7.11 Å². The van der Waals surface area contributed by atoms with Gasteiger partial charge in [0.1, 0.15) is 6.10 Å². The maximum absolute atomic E-state index is 11.8. The minimum Gasteiger partial charge on any atom is -0.394 e. The molecular formula is C11H15N4O7PS. The van der Waals surface area contributed by atoms with Crippen molar-refractivity contribution >= 4 is 29.3 Å². The van der Waals surface area contributed by atoms with Gasteiger partial charge in [0.25, 0.3) is 5.56 Å². The summed E-state index contributed by atoms with van der Waals surface area (Å²) in [5.41, 5.74) is -0.200. The highest BCUT2D eigenvalue weighted by Crippen LogP contribution is 2.60. The van der Waals surface area contributed by atoms with Gasteiger partial charge in [-0.25, -0.2) is 14.5 Å². The van der Waals surface area contributed by atoms with Gasteiger partial charge in [-0.2, -0.15) is 0 Å². The van der Waals surface area contributed by atoms with Crippen LogP contribution in [0.25, 0.3) is 11.2 Å². The number of aromatic amines is 1. The van der Waals surface area contributed by atoms with Gasteiger partial charge in [-0.05, 0) is 11.4 Å². The number of fused-ring (bicyclic) bond motifs is 1. The first-order valence-electron chi connectivity index (χ1n) is 6.79. The summed E-state index contributed by atoms with van der Waals surface area (Å²) in [6.45, 7) is -4.48. The molecule has 1 aliphatic heterocycles. The van der Waals surface area contributed by atoms with Crippen molar-refractivity contribution < 1.29 is 28.9 Å². The average molecular weight is 378 g/mol. The lowest BCUT2D eigenvalue weighted by molar-refractivity contribution is -0.0486. The number of nitrogens with zero attached hydrogens (tertiary/aromatic N) is 3. The second-order valence-electron chi connectivity index (χ2n) is 5.02. The number of aliphatic hydroxyl groups excluding tert-OH is 2. The van der Waals surface area contributed by atoms with E-state index in [0.29, 0.717) is 11.4 Å². The number of imidazole rings is 1. The highest BCUT2D eigenvalue weighted by Gasteiger charge is 2.48. The predicted molar refractivity (Wildman–Crippen MR) is 83.4 cm³/mol. The lowest BCUT2D eigenvalue weighted by Gasteiger charge is -2.20. The van der Waals surface area contributed by atoms with Crippen LogP contribution in [0.1, 0.15) is 6.23 Å². The molecular weight excluding hydrogens is 363 g/mol. The fraction of sp³-hybridized carbons (Fsp3) is 0.545. The summed E-state index contributed by atoms with van der Waals surface area (Å²) in [6, 6.07) is 0. The highest BCUT2D eigenvalue weighted by atomic mass is 32.7. The minimum absolute atomic E-state index is 0.0645. The van der Waals surface area contributed by atoms with Crippen LogP contribution in [0, 0.1) is 0 Å². The molecule has 3 heterocycles. The van der Waals surface area contributed by atoms with E-state index in [1.165, 1.54) is 17.2 Å². The molecule has 1 fully saturated rings. The van der Waals surface area contributed by atoms with Gasteiger partial charge >= 0.3 is 6.80 Å². The Labute approximate surface area is 138 Å². The van der Waals surface area contributed by atoms with Gasteiger partial charge in [0.2, 0.25) is 0 Å². The Hall–Kier alpha value is -1.27. The van der Waals surface area contributed by atoms with Crippen molar-refractivity contribution in [2.45, 2.75) is 23.7 Å². The third-order valence-corrected chi connectivity index (χ3v) is 7.14. The number of hydrogen-bond acceptors (Lipinski definition) is 9. The van der Waals surface area contributed by atoms with Crippen LogP contribution < -0.4 is 5.56 Å². The highest BCUT2D eigenvalue weighted by molar-refractivity contribution is 8.55. The first-order valence-corrected chi connectivity index (χ1v) is 9.85. The van der Waals surface area contributed by atoms with Gasteiger partial charge in [0, 0.05) is 7.11 Å². The Morgan fingerprint density at radius 1 is 1.54 bits per heavy atom. The summed E-state index contributed by atoms with van der Waals surface area (Å²) < 4.78 is 23.2. The van der Waals surface area contributed by atoms with Crippen LogP contribution in [0.4, 0.5) is 0 Å². The molecule has 0 bridgehead atoms. The molecule has 24 heavy (non-hydrogen) atoms. The Morgan fingerprint density at radius 3 is 2.96 bits per heavy atom.